The molecule has 1 aromatic carbocycles. The minimum absolute atomic E-state index is 0.233. The van der Waals surface area contributed by atoms with Crippen LogP contribution in [0.15, 0.2) is 48.8 Å². The molecule has 0 saturated heterocycles. The SMILES string of the molecule is CCOC(=O)C(C)(O)c1cccc(-c2cccnc2)c1. The number of carbonyl (C=O) groups is 1. The van der Waals surface area contributed by atoms with Crippen molar-refractivity contribution < 1.29 is 14.6 Å². The summed E-state index contributed by atoms with van der Waals surface area (Å²) in [6, 6.07) is 10.9. The van der Waals surface area contributed by atoms with Crippen molar-refractivity contribution in [1.82, 2.24) is 4.98 Å². The van der Waals surface area contributed by atoms with Gasteiger partial charge in [-0.25, -0.2) is 4.79 Å². The first-order valence-electron chi connectivity index (χ1n) is 6.46. The molecule has 0 aliphatic carbocycles. The molecule has 0 fully saturated rings. The molecular weight excluding hydrogens is 254 g/mol. The van der Waals surface area contributed by atoms with E-state index in [2.05, 4.69) is 4.98 Å². The summed E-state index contributed by atoms with van der Waals surface area (Å²) in [5, 5.41) is 10.4. The quantitative estimate of drug-likeness (QED) is 0.868. The van der Waals surface area contributed by atoms with Gasteiger partial charge >= 0.3 is 5.97 Å². The van der Waals surface area contributed by atoms with Crippen LogP contribution in [-0.4, -0.2) is 22.7 Å². The highest BCUT2D eigenvalue weighted by atomic mass is 16.5. The Morgan fingerprint density at radius 2 is 2.05 bits per heavy atom. The predicted octanol–water partition coefficient (Wildman–Crippen LogP) is 2.52. The molecular formula is C16H17NO3. The molecule has 0 amide bonds. The van der Waals surface area contributed by atoms with Gasteiger partial charge in [-0.2, -0.15) is 0 Å². The number of benzene rings is 1. The van der Waals surface area contributed by atoms with E-state index >= 15 is 0 Å². The highest BCUT2D eigenvalue weighted by Gasteiger charge is 2.34. The topological polar surface area (TPSA) is 59.4 Å². The van der Waals surface area contributed by atoms with Gasteiger partial charge < -0.3 is 9.84 Å². The zero-order valence-electron chi connectivity index (χ0n) is 11.5. The van der Waals surface area contributed by atoms with E-state index in [-0.39, 0.29) is 6.61 Å². The number of aromatic nitrogens is 1. The molecule has 4 heteroatoms. The summed E-state index contributed by atoms with van der Waals surface area (Å²) < 4.78 is 4.91. The first-order chi connectivity index (χ1) is 9.55. The second-order valence-corrected chi connectivity index (χ2v) is 4.62. The van der Waals surface area contributed by atoms with Gasteiger partial charge in [-0.05, 0) is 42.7 Å². The zero-order valence-corrected chi connectivity index (χ0v) is 11.5. The number of hydrogen-bond acceptors (Lipinski definition) is 4. The molecule has 2 aromatic rings. The second-order valence-electron chi connectivity index (χ2n) is 4.62. The van der Waals surface area contributed by atoms with Crippen molar-refractivity contribution >= 4 is 5.97 Å². The van der Waals surface area contributed by atoms with Gasteiger partial charge in [0.05, 0.1) is 6.61 Å². The fourth-order valence-corrected chi connectivity index (χ4v) is 1.92. The van der Waals surface area contributed by atoms with Crippen molar-refractivity contribution in [3.8, 4) is 11.1 Å². The lowest BCUT2D eigenvalue weighted by atomic mass is 9.93. The van der Waals surface area contributed by atoms with Crippen LogP contribution >= 0.6 is 0 Å². The van der Waals surface area contributed by atoms with E-state index in [9.17, 15) is 9.90 Å². The Hall–Kier alpha value is -2.20. The molecule has 2 rings (SSSR count). The van der Waals surface area contributed by atoms with Crippen LogP contribution in [-0.2, 0) is 15.1 Å². The number of ether oxygens (including phenoxy) is 1. The van der Waals surface area contributed by atoms with Crippen LogP contribution in [0.4, 0.5) is 0 Å². The van der Waals surface area contributed by atoms with Crippen LogP contribution in [0.2, 0.25) is 0 Å². The monoisotopic (exact) mass is 271 g/mol. The minimum atomic E-state index is -1.66. The van der Waals surface area contributed by atoms with Gasteiger partial charge in [-0.1, -0.05) is 24.3 Å². The number of rotatable bonds is 4. The number of esters is 1. The average molecular weight is 271 g/mol. The van der Waals surface area contributed by atoms with Crippen molar-refractivity contribution in [2.75, 3.05) is 6.61 Å². The summed E-state index contributed by atoms with van der Waals surface area (Å²) in [6.07, 6.45) is 3.43. The van der Waals surface area contributed by atoms with Crippen LogP contribution < -0.4 is 0 Å². The Bertz CT molecular complexity index is 594. The van der Waals surface area contributed by atoms with Crippen molar-refractivity contribution in [2.45, 2.75) is 19.4 Å². The molecule has 1 atom stereocenters. The van der Waals surface area contributed by atoms with Crippen LogP contribution in [0.1, 0.15) is 19.4 Å². The van der Waals surface area contributed by atoms with Crippen molar-refractivity contribution in [3.63, 3.8) is 0 Å². The van der Waals surface area contributed by atoms with Crippen molar-refractivity contribution in [1.29, 1.82) is 0 Å². The largest absolute Gasteiger partial charge is 0.464 e. The molecule has 4 nitrogen and oxygen atoms in total. The summed E-state index contributed by atoms with van der Waals surface area (Å²) in [5.74, 6) is -0.650. The normalized spacial score (nSPS) is 13.6. The van der Waals surface area contributed by atoms with Gasteiger partial charge in [0.15, 0.2) is 5.60 Å². The Kier molecular flexibility index (Phi) is 4.15. The smallest absolute Gasteiger partial charge is 0.342 e. The van der Waals surface area contributed by atoms with Gasteiger partial charge in [0.25, 0.3) is 0 Å². The van der Waals surface area contributed by atoms with Crippen molar-refractivity contribution in [2.24, 2.45) is 0 Å². The van der Waals surface area contributed by atoms with Crippen LogP contribution in [0.5, 0.6) is 0 Å². The molecule has 0 spiro atoms. The third-order valence-electron chi connectivity index (χ3n) is 3.09. The molecule has 1 N–H and O–H groups in total. The van der Waals surface area contributed by atoms with Gasteiger partial charge in [0.2, 0.25) is 0 Å². The summed E-state index contributed by atoms with van der Waals surface area (Å²) in [5.41, 5.74) is 0.653. The summed E-state index contributed by atoms with van der Waals surface area (Å²) in [4.78, 5) is 15.9. The lowest BCUT2D eigenvalue weighted by molar-refractivity contribution is -0.164. The molecule has 20 heavy (non-hydrogen) atoms. The second kappa shape index (κ2) is 5.84. The molecule has 0 saturated carbocycles. The predicted molar refractivity (Wildman–Crippen MR) is 75.9 cm³/mol. The van der Waals surface area contributed by atoms with E-state index in [0.717, 1.165) is 11.1 Å². The van der Waals surface area contributed by atoms with Crippen LogP contribution in [0.3, 0.4) is 0 Å². The molecule has 1 unspecified atom stereocenters. The van der Waals surface area contributed by atoms with Crippen LogP contribution in [0.25, 0.3) is 11.1 Å². The summed E-state index contributed by atoms with van der Waals surface area (Å²) >= 11 is 0. The first kappa shape index (κ1) is 14.2. The maximum Gasteiger partial charge on any atom is 0.342 e. The highest BCUT2D eigenvalue weighted by molar-refractivity contribution is 5.81. The van der Waals surface area contributed by atoms with Crippen LogP contribution in [0, 0.1) is 0 Å². The Morgan fingerprint density at radius 1 is 1.30 bits per heavy atom. The number of nitrogens with zero attached hydrogens (tertiary/aromatic N) is 1. The molecule has 104 valence electrons. The Morgan fingerprint density at radius 3 is 2.70 bits per heavy atom. The fraction of sp³-hybridized carbons (Fsp3) is 0.250. The van der Waals surface area contributed by atoms with Crippen molar-refractivity contribution in [3.05, 3.63) is 54.4 Å². The zero-order chi connectivity index (χ0) is 14.6. The van der Waals surface area contributed by atoms with E-state index in [0.29, 0.717) is 5.56 Å². The van der Waals surface area contributed by atoms with E-state index < -0.39 is 11.6 Å². The van der Waals surface area contributed by atoms with Gasteiger partial charge in [0.1, 0.15) is 0 Å². The van der Waals surface area contributed by atoms with E-state index in [4.69, 9.17) is 4.74 Å². The minimum Gasteiger partial charge on any atom is -0.464 e. The summed E-state index contributed by atoms with van der Waals surface area (Å²) in [7, 11) is 0. The Labute approximate surface area is 118 Å². The molecule has 0 radical (unpaired) electrons. The average Bonchev–Trinajstić information content (AvgIpc) is 2.48. The van der Waals surface area contributed by atoms with Gasteiger partial charge in [0, 0.05) is 12.4 Å². The third-order valence-corrected chi connectivity index (χ3v) is 3.09. The van der Waals surface area contributed by atoms with E-state index in [1.54, 1.807) is 37.5 Å². The number of carbonyl (C=O) groups excluding carboxylic acids is 1. The molecule has 1 aromatic heterocycles. The molecule has 0 aliphatic heterocycles. The van der Waals surface area contributed by atoms with E-state index in [1.165, 1.54) is 6.92 Å². The maximum atomic E-state index is 11.8. The maximum absolute atomic E-state index is 11.8. The number of hydrogen-bond donors (Lipinski definition) is 1. The lowest BCUT2D eigenvalue weighted by Crippen LogP contribution is -2.34. The van der Waals surface area contributed by atoms with Gasteiger partial charge in [-0.3, -0.25) is 4.98 Å². The van der Waals surface area contributed by atoms with Gasteiger partial charge in [-0.15, -0.1) is 0 Å². The van der Waals surface area contributed by atoms with E-state index in [1.807, 2.05) is 18.2 Å². The number of aliphatic hydroxyl groups is 1. The third kappa shape index (κ3) is 2.86. The molecule has 0 bridgehead atoms. The lowest BCUT2D eigenvalue weighted by Gasteiger charge is -2.22. The summed E-state index contributed by atoms with van der Waals surface area (Å²) in [6.45, 7) is 3.38. The Balaban J connectivity index is 2.37. The molecule has 1 heterocycles. The fourth-order valence-electron chi connectivity index (χ4n) is 1.92. The number of pyridine rings is 1. The molecule has 0 aliphatic rings. The highest BCUT2D eigenvalue weighted by Crippen LogP contribution is 2.27. The first-order valence-corrected chi connectivity index (χ1v) is 6.46. The standard InChI is InChI=1S/C16H17NO3/c1-3-20-15(18)16(2,19)14-8-4-6-12(10-14)13-7-5-9-17-11-13/h4-11,19H,3H2,1-2H3.